The van der Waals surface area contributed by atoms with Crippen molar-refractivity contribution in [1.29, 1.82) is 0 Å². The van der Waals surface area contributed by atoms with Crippen LogP contribution >= 0.6 is 0 Å². The minimum Gasteiger partial charge on any atom is -0.462 e. The van der Waals surface area contributed by atoms with Crippen molar-refractivity contribution in [1.82, 2.24) is 0 Å². The van der Waals surface area contributed by atoms with E-state index < -0.39 is 6.10 Å². The molecular weight excluding hydrogens is 901 g/mol. The predicted octanol–water partition coefficient (Wildman–Crippen LogP) is 21.8. The number of unbranched alkanes of at least 4 members (excludes halogenated alkanes) is 40. The number of ether oxygens (including phenoxy) is 3. The van der Waals surface area contributed by atoms with Gasteiger partial charge in [-0.3, -0.25) is 14.4 Å². The Kier molecular flexibility index (Phi) is 59.7. The van der Waals surface area contributed by atoms with Gasteiger partial charge in [0.1, 0.15) is 13.2 Å². The number of hydrogen-bond donors (Lipinski definition) is 0. The fourth-order valence-electron chi connectivity index (χ4n) is 9.50. The van der Waals surface area contributed by atoms with Gasteiger partial charge in [0.15, 0.2) is 6.10 Å². The lowest BCUT2D eigenvalue weighted by Crippen LogP contribution is -2.30. The maximum Gasteiger partial charge on any atom is 0.306 e. The van der Waals surface area contributed by atoms with Gasteiger partial charge in [-0.15, -0.1) is 0 Å². The second kappa shape index (κ2) is 61.9. The van der Waals surface area contributed by atoms with Crippen molar-refractivity contribution in [2.45, 2.75) is 348 Å². The van der Waals surface area contributed by atoms with Gasteiger partial charge in [0.25, 0.3) is 0 Å². The number of allylic oxidation sites excluding steroid dienone is 8. The molecule has 0 saturated heterocycles. The Bertz CT molecular complexity index is 1270. The Hall–Kier alpha value is -2.63. The Morgan fingerprint density at radius 1 is 0.288 bits per heavy atom. The lowest BCUT2D eigenvalue weighted by Gasteiger charge is -2.18. The molecule has 0 aromatic rings. The summed E-state index contributed by atoms with van der Waals surface area (Å²) < 4.78 is 16.9. The maximum absolute atomic E-state index is 12.8. The third-order valence-corrected chi connectivity index (χ3v) is 14.3. The standard InChI is InChI=1S/C67H122O6/c1-4-7-10-13-16-19-22-24-26-27-28-29-30-31-32-33-34-35-36-37-38-39-41-42-45-48-51-54-57-60-66(69)72-63-64(62-71-65(68)59-56-53-50-47-44-21-18-15-12-9-6-3)73-67(70)61-58-55-52-49-46-43-40-25-23-20-17-14-11-8-5-2/h8,11,15,17-18,20,25,40,64H,4-7,9-10,12-14,16,19,21-24,26-39,41-63H2,1-3H3/b11-8-,18-15-,20-17-,40-25-. The molecule has 73 heavy (non-hydrogen) atoms. The molecule has 0 amide bonds. The zero-order valence-electron chi connectivity index (χ0n) is 48.9. The van der Waals surface area contributed by atoms with Gasteiger partial charge in [0.2, 0.25) is 0 Å². The van der Waals surface area contributed by atoms with Crippen LogP contribution in [0.25, 0.3) is 0 Å². The topological polar surface area (TPSA) is 78.9 Å². The van der Waals surface area contributed by atoms with E-state index in [4.69, 9.17) is 14.2 Å². The molecule has 6 heteroatoms. The lowest BCUT2D eigenvalue weighted by atomic mass is 10.0. The summed E-state index contributed by atoms with van der Waals surface area (Å²) in [4.78, 5) is 38.2. The zero-order valence-corrected chi connectivity index (χ0v) is 48.9. The van der Waals surface area contributed by atoms with E-state index in [-0.39, 0.29) is 31.1 Å². The summed E-state index contributed by atoms with van der Waals surface area (Å²) in [6, 6.07) is 0. The molecule has 426 valence electrons. The van der Waals surface area contributed by atoms with Crippen molar-refractivity contribution < 1.29 is 28.6 Å². The highest BCUT2D eigenvalue weighted by molar-refractivity contribution is 5.71. The van der Waals surface area contributed by atoms with Crippen LogP contribution in [0.5, 0.6) is 0 Å². The van der Waals surface area contributed by atoms with E-state index in [1.54, 1.807) is 0 Å². The molecule has 0 aliphatic rings. The predicted molar refractivity (Wildman–Crippen MR) is 316 cm³/mol. The summed E-state index contributed by atoms with van der Waals surface area (Å²) in [6.07, 6.45) is 77.2. The fraction of sp³-hybridized carbons (Fsp3) is 0.836. The molecule has 0 spiro atoms. The molecule has 0 saturated carbocycles. The highest BCUT2D eigenvalue weighted by Gasteiger charge is 2.19. The quantitative estimate of drug-likeness (QED) is 0.0261. The molecule has 0 aromatic heterocycles. The van der Waals surface area contributed by atoms with Gasteiger partial charge in [0.05, 0.1) is 0 Å². The van der Waals surface area contributed by atoms with Gasteiger partial charge in [-0.2, -0.15) is 0 Å². The van der Waals surface area contributed by atoms with Crippen molar-refractivity contribution in [3.05, 3.63) is 48.6 Å². The summed E-state index contributed by atoms with van der Waals surface area (Å²) in [5.41, 5.74) is 0. The van der Waals surface area contributed by atoms with Crippen LogP contribution in [0.15, 0.2) is 48.6 Å². The number of hydrogen-bond acceptors (Lipinski definition) is 6. The molecule has 0 aliphatic carbocycles. The largest absolute Gasteiger partial charge is 0.462 e. The van der Waals surface area contributed by atoms with Gasteiger partial charge < -0.3 is 14.2 Å². The Balaban J connectivity index is 4.12. The molecule has 0 radical (unpaired) electrons. The Morgan fingerprint density at radius 3 is 0.890 bits per heavy atom. The first-order valence-corrected chi connectivity index (χ1v) is 32.1. The van der Waals surface area contributed by atoms with Gasteiger partial charge >= 0.3 is 17.9 Å². The summed E-state index contributed by atoms with van der Waals surface area (Å²) >= 11 is 0. The van der Waals surface area contributed by atoms with Crippen LogP contribution in [-0.2, 0) is 28.6 Å². The van der Waals surface area contributed by atoms with E-state index in [1.165, 1.54) is 199 Å². The number of esters is 3. The summed E-state index contributed by atoms with van der Waals surface area (Å²) in [6.45, 7) is 6.51. The maximum atomic E-state index is 12.8. The first-order valence-electron chi connectivity index (χ1n) is 32.1. The molecule has 6 nitrogen and oxygen atoms in total. The SMILES string of the molecule is CC/C=C\C/C=C\C/C=C\CCCCCCCC(=O)OC(COC(=O)CCCCCCC/C=C\CCCC)COC(=O)CCCCCCCCCCCCCCCCCCCCCCCCCCCCCCC. The molecule has 0 aliphatic heterocycles. The van der Waals surface area contributed by atoms with E-state index in [0.29, 0.717) is 19.3 Å². The van der Waals surface area contributed by atoms with Crippen LogP contribution in [0.1, 0.15) is 342 Å². The smallest absolute Gasteiger partial charge is 0.306 e. The molecule has 0 aromatic carbocycles. The third-order valence-electron chi connectivity index (χ3n) is 14.3. The second-order valence-corrected chi connectivity index (χ2v) is 21.6. The van der Waals surface area contributed by atoms with Crippen LogP contribution < -0.4 is 0 Å². The van der Waals surface area contributed by atoms with E-state index in [9.17, 15) is 14.4 Å². The number of carbonyl (C=O) groups excluding carboxylic acids is 3. The highest BCUT2D eigenvalue weighted by atomic mass is 16.6. The average molecular weight is 1020 g/mol. The van der Waals surface area contributed by atoms with E-state index in [0.717, 1.165) is 103 Å². The first-order chi connectivity index (χ1) is 36.0. The van der Waals surface area contributed by atoms with Crippen LogP contribution in [-0.4, -0.2) is 37.2 Å². The molecule has 0 rings (SSSR count). The van der Waals surface area contributed by atoms with Gasteiger partial charge in [-0.1, -0.05) is 301 Å². The average Bonchev–Trinajstić information content (AvgIpc) is 3.39. The fourth-order valence-corrected chi connectivity index (χ4v) is 9.50. The van der Waals surface area contributed by atoms with E-state index in [1.807, 2.05) is 0 Å². The normalized spacial score (nSPS) is 12.3. The monoisotopic (exact) mass is 1020 g/mol. The lowest BCUT2D eigenvalue weighted by molar-refractivity contribution is -0.167. The Morgan fingerprint density at radius 2 is 0.548 bits per heavy atom. The van der Waals surface area contributed by atoms with Gasteiger partial charge in [-0.05, 0) is 70.6 Å². The molecule has 0 bridgehead atoms. The summed E-state index contributed by atoms with van der Waals surface area (Å²) in [5.74, 6) is -0.891. The van der Waals surface area contributed by atoms with Gasteiger partial charge in [0, 0.05) is 19.3 Å². The van der Waals surface area contributed by atoms with Crippen molar-refractivity contribution in [2.24, 2.45) is 0 Å². The first kappa shape index (κ1) is 70.4. The van der Waals surface area contributed by atoms with Crippen LogP contribution in [0.4, 0.5) is 0 Å². The van der Waals surface area contributed by atoms with Crippen molar-refractivity contribution in [2.75, 3.05) is 13.2 Å². The minimum atomic E-state index is -0.784. The van der Waals surface area contributed by atoms with E-state index >= 15 is 0 Å². The Labute approximate surface area is 454 Å². The van der Waals surface area contributed by atoms with Crippen molar-refractivity contribution >= 4 is 17.9 Å². The van der Waals surface area contributed by atoms with Crippen molar-refractivity contribution in [3.8, 4) is 0 Å². The van der Waals surface area contributed by atoms with Crippen molar-refractivity contribution in [3.63, 3.8) is 0 Å². The molecule has 1 atom stereocenters. The zero-order chi connectivity index (χ0) is 52.9. The second-order valence-electron chi connectivity index (χ2n) is 21.6. The van der Waals surface area contributed by atoms with E-state index in [2.05, 4.69) is 69.4 Å². The minimum absolute atomic E-state index is 0.0798. The molecule has 0 fully saturated rings. The summed E-state index contributed by atoms with van der Waals surface area (Å²) in [5, 5.41) is 0. The molecular formula is C67H122O6. The number of rotatable bonds is 59. The molecule has 0 N–H and O–H groups in total. The molecule has 1 unspecified atom stereocenters. The summed E-state index contributed by atoms with van der Waals surface area (Å²) in [7, 11) is 0. The van der Waals surface area contributed by atoms with Crippen LogP contribution in [0.2, 0.25) is 0 Å². The van der Waals surface area contributed by atoms with Crippen LogP contribution in [0, 0.1) is 0 Å². The van der Waals surface area contributed by atoms with Crippen LogP contribution in [0.3, 0.4) is 0 Å². The van der Waals surface area contributed by atoms with Gasteiger partial charge in [-0.25, -0.2) is 0 Å². The third kappa shape index (κ3) is 60.1. The number of carbonyl (C=O) groups is 3. The molecule has 0 heterocycles. The highest BCUT2D eigenvalue weighted by Crippen LogP contribution is 2.18.